The Labute approximate surface area is 135 Å². The zero-order chi connectivity index (χ0) is 17.0. The SMILES string of the molecule is CCn1nc(C)c(NC(=O)C=Cc2ccc(OC)c(O)c2)c1C. The molecule has 2 aromatic rings. The molecular weight excluding hydrogens is 294 g/mol. The Kier molecular flexibility index (Phi) is 5.05. The van der Waals surface area contributed by atoms with Gasteiger partial charge < -0.3 is 15.2 Å². The molecule has 0 atom stereocenters. The van der Waals surface area contributed by atoms with E-state index in [-0.39, 0.29) is 11.7 Å². The highest BCUT2D eigenvalue weighted by molar-refractivity contribution is 6.02. The first kappa shape index (κ1) is 16.6. The molecule has 6 nitrogen and oxygen atoms in total. The molecule has 0 fully saturated rings. The lowest BCUT2D eigenvalue weighted by Gasteiger charge is -2.04. The molecule has 0 radical (unpaired) electrons. The maximum atomic E-state index is 12.1. The van der Waals surface area contributed by atoms with Crippen LogP contribution in [0.4, 0.5) is 5.69 Å². The van der Waals surface area contributed by atoms with Crippen LogP contribution in [0.15, 0.2) is 24.3 Å². The van der Waals surface area contributed by atoms with Crippen molar-refractivity contribution in [1.82, 2.24) is 9.78 Å². The fourth-order valence-corrected chi connectivity index (χ4v) is 2.33. The van der Waals surface area contributed by atoms with Crippen LogP contribution in [-0.4, -0.2) is 27.9 Å². The minimum absolute atomic E-state index is 0.0333. The Bertz CT molecular complexity index is 748. The maximum Gasteiger partial charge on any atom is 0.248 e. The molecular formula is C17H21N3O3. The van der Waals surface area contributed by atoms with Gasteiger partial charge in [0.05, 0.1) is 24.2 Å². The summed E-state index contributed by atoms with van der Waals surface area (Å²) in [5, 5.41) is 16.9. The number of hydrogen-bond acceptors (Lipinski definition) is 4. The molecule has 6 heteroatoms. The highest BCUT2D eigenvalue weighted by atomic mass is 16.5. The Balaban J connectivity index is 2.10. The number of rotatable bonds is 5. The van der Waals surface area contributed by atoms with Gasteiger partial charge in [0, 0.05) is 12.6 Å². The first-order valence-electron chi connectivity index (χ1n) is 7.36. The van der Waals surface area contributed by atoms with Gasteiger partial charge in [-0.05, 0) is 44.5 Å². The number of amides is 1. The molecule has 0 saturated carbocycles. The van der Waals surface area contributed by atoms with Crippen LogP contribution < -0.4 is 10.1 Å². The van der Waals surface area contributed by atoms with Gasteiger partial charge in [0.2, 0.25) is 5.91 Å². The van der Waals surface area contributed by atoms with Gasteiger partial charge in [-0.2, -0.15) is 5.10 Å². The molecule has 2 N–H and O–H groups in total. The Morgan fingerprint density at radius 2 is 2.17 bits per heavy atom. The standard InChI is InChI=1S/C17H21N3O3/c1-5-20-12(3)17(11(2)19-20)18-16(22)9-7-13-6-8-15(23-4)14(21)10-13/h6-10,21H,5H2,1-4H3,(H,18,22). The van der Waals surface area contributed by atoms with Crippen LogP contribution in [0.1, 0.15) is 23.9 Å². The van der Waals surface area contributed by atoms with E-state index < -0.39 is 0 Å². The molecule has 0 aliphatic rings. The summed E-state index contributed by atoms with van der Waals surface area (Å²) in [6.45, 7) is 6.54. The molecule has 0 spiro atoms. The number of benzene rings is 1. The largest absolute Gasteiger partial charge is 0.504 e. The molecule has 0 aliphatic carbocycles. The highest BCUT2D eigenvalue weighted by Gasteiger charge is 2.12. The number of carbonyl (C=O) groups is 1. The second-order valence-corrected chi connectivity index (χ2v) is 5.12. The number of nitrogens with zero attached hydrogens (tertiary/aromatic N) is 2. The number of methoxy groups -OCH3 is 1. The van der Waals surface area contributed by atoms with Gasteiger partial charge in [0.25, 0.3) is 0 Å². The van der Waals surface area contributed by atoms with Crippen LogP contribution in [0.25, 0.3) is 6.08 Å². The molecule has 0 bridgehead atoms. The number of aromatic nitrogens is 2. The molecule has 122 valence electrons. The van der Waals surface area contributed by atoms with Crippen molar-refractivity contribution in [3.05, 3.63) is 41.2 Å². The summed E-state index contributed by atoms with van der Waals surface area (Å²) in [5.41, 5.74) is 3.15. The van der Waals surface area contributed by atoms with Gasteiger partial charge in [0.1, 0.15) is 0 Å². The van der Waals surface area contributed by atoms with Crippen LogP contribution in [0.2, 0.25) is 0 Å². The average Bonchev–Trinajstić information content (AvgIpc) is 2.80. The second kappa shape index (κ2) is 7.00. The van der Waals surface area contributed by atoms with Crippen LogP contribution in [0.5, 0.6) is 11.5 Å². The molecule has 1 heterocycles. The smallest absolute Gasteiger partial charge is 0.248 e. The number of aromatic hydroxyl groups is 1. The first-order valence-corrected chi connectivity index (χ1v) is 7.36. The molecule has 1 aromatic heterocycles. The van der Waals surface area contributed by atoms with Crippen molar-refractivity contribution in [3.63, 3.8) is 0 Å². The van der Waals surface area contributed by atoms with Gasteiger partial charge in [-0.25, -0.2) is 0 Å². The summed E-state index contributed by atoms with van der Waals surface area (Å²) in [6, 6.07) is 4.94. The van der Waals surface area contributed by atoms with E-state index in [2.05, 4.69) is 10.4 Å². The number of ether oxygens (including phenoxy) is 1. The number of aryl methyl sites for hydroxylation is 2. The van der Waals surface area contributed by atoms with Crippen molar-refractivity contribution in [2.24, 2.45) is 0 Å². The minimum Gasteiger partial charge on any atom is -0.504 e. The van der Waals surface area contributed by atoms with Crippen LogP contribution in [0, 0.1) is 13.8 Å². The third-order valence-corrected chi connectivity index (χ3v) is 3.56. The van der Waals surface area contributed by atoms with Crippen LogP contribution in [-0.2, 0) is 11.3 Å². The quantitative estimate of drug-likeness (QED) is 0.832. The van der Waals surface area contributed by atoms with E-state index >= 15 is 0 Å². The van der Waals surface area contributed by atoms with Crippen molar-refractivity contribution >= 4 is 17.7 Å². The van der Waals surface area contributed by atoms with Gasteiger partial charge in [-0.1, -0.05) is 6.07 Å². The fourth-order valence-electron chi connectivity index (χ4n) is 2.33. The van der Waals surface area contributed by atoms with E-state index in [1.165, 1.54) is 19.3 Å². The number of anilines is 1. The molecule has 23 heavy (non-hydrogen) atoms. The van der Waals surface area contributed by atoms with Crippen molar-refractivity contribution in [2.75, 3.05) is 12.4 Å². The Morgan fingerprint density at radius 1 is 1.43 bits per heavy atom. The summed E-state index contributed by atoms with van der Waals surface area (Å²) in [7, 11) is 1.49. The lowest BCUT2D eigenvalue weighted by atomic mass is 10.2. The Hall–Kier alpha value is -2.76. The summed E-state index contributed by atoms with van der Waals surface area (Å²) in [4.78, 5) is 12.1. The number of phenolic OH excluding ortho intramolecular Hbond substituents is 1. The van der Waals surface area contributed by atoms with Gasteiger partial charge >= 0.3 is 0 Å². The van der Waals surface area contributed by atoms with Crippen molar-refractivity contribution in [1.29, 1.82) is 0 Å². The summed E-state index contributed by atoms with van der Waals surface area (Å²) >= 11 is 0. The predicted molar refractivity (Wildman–Crippen MR) is 89.7 cm³/mol. The third-order valence-electron chi connectivity index (χ3n) is 3.56. The van der Waals surface area contributed by atoms with E-state index in [1.54, 1.807) is 18.2 Å². The highest BCUT2D eigenvalue weighted by Crippen LogP contribution is 2.26. The zero-order valence-corrected chi connectivity index (χ0v) is 13.8. The zero-order valence-electron chi connectivity index (χ0n) is 13.8. The average molecular weight is 315 g/mol. The van der Waals surface area contributed by atoms with Gasteiger partial charge in [-0.15, -0.1) is 0 Å². The first-order chi connectivity index (χ1) is 11.0. The molecule has 0 aliphatic heterocycles. The molecule has 0 saturated heterocycles. The number of nitrogens with one attached hydrogen (secondary N) is 1. The summed E-state index contributed by atoms with van der Waals surface area (Å²) < 4.78 is 6.82. The van der Waals surface area contributed by atoms with E-state index in [9.17, 15) is 9.90 Å². The van der Waals surface area contributed by atoms with Gasteiger partial charge in [0.15, 0.2) is 11.5 Å². The minimum atomic E-state index is -0.248. The monoisotopic (exact) mass is 315 g/mol. The predicted octanol–water partition coefficient (Wildman–Crippen LogP) is 2.89. The lowest BCUT2D eigenvalue weighted by Crippen LogP contribution is -2.09. The summed E-state index contributed by atoms with van der Waals surface area (Å²) in [5.74, 6) is 0.179. The van der Waals surface area contributed by atoms with E-state index in [1.807, 2.05) is 25.5 Å². The van der Waals surface area contributed by atoms with Crippen molar-refractivity contribution < 1.29 is 14.6 Å². The number of phenols is 1. The molecule has 2 rings (SSSR count). The van der Waals surface area contributed by atoms with Crippen molar-refractivity contribution in [2.45, 2.75) is 27.3 Å². The van der Waals surface area contributed by atoms with E-state index in [4.69, 9.17) is 4.74 Å². The topological polar surface area (TPSA) is 76.4 Å². The van der Waals surface area contributed by atoms with Crippen molar-refractivity contribution in [3.8, 4) is 11.5 Å². The fraction of sp³-hybridized carbons (Fsp3) is 0.294. The second-order valence-electron chi connectivity index (χ2n) is 5.12. The number of hydrogen-bond donors (Lipinski definition) is 2. The van der Waals surface area contributed by atoms with E-state index in [0.29, 0.717) is 11.3 Å². The van der Waals surface area contributed by atoms with Gasteiger partial charge in [-0.3, -0.25) is 9.48 Å². The molecule has 1 amide bonds. The Morgan fingerprint density at radius 3 is 2.74 bits per heavy atom. The number of carbonyl (C=O) groups excluding carboxylic acids is 1. The maximum absolute atomic E-state index is 12.1. The normalized spacial score (nSPS) is 11.0. The van der Waals surface area contributed by atoms with Crippen LogP contribution >= 0.6 is 0 Å². The molecule has 1 aromatic carbocycles. The third kappa shape index (κ3) is 3.71. The van der Waals surface area contributed by atoms with E-state index in [0.717, 1.165) is 23.6 Å². The van der Waals surface area contributed by atoms with Crippen LogP contribution in [0.3, 0.4) is 0 Å². The molecule has 0 unspecified atom stereocenters. The summed E-state index contributed by atoms with van der Waals surface area (Å²) in [6.07, 6.45) is 3.05. The lowest BCUT2D eigenvalue weighted by molar-refractivity contribution is -0.111.